The van der Waals surface area contributed by atoms with Crippen molar-refractivity contribution in [2.45, 2.75) is 20.8 Å². The quantitative estimate of drug-likeness (QED) is 0.407. The third-order valence-electron chi connectivity index (χ3n) is 4.15. The number of carbonyl (C=O) groups excluding carboxylic acids is 1. The van der Waals surface area contributed by atoms with E-state index in [1.54, 1.807) is 0 Å². The molecule has 3 aromatic carbocycles. The van der Waals surface area contributed by atoms with E-state index in [4.69, 9.17) is 4.74 Å². The average Bonchev–Trinajstić information content (AvgIpc) is 2.56. The predicted octanol–water partition coefficient (Wildman–Crippen LogP) is 2.25. The van der Waals surface area contributed by atoms with Crippen LogP contribution in [0.3, 0.4) is 0 Å². The molecule has 0 aliphatic heterocycles. The number of para-hydroxylation sites is 1. The van der Waals surface area contributed by atoms with Gasteiger partial charge in [0.1, 0.15) is 11.5 Å². The number of rotatable bonds is 4. The minimum Gasteiger partial charge on any atom is -1.00 e. The Labute approximate surface area is 170 Å². The van der Waals surface area contributed by atoms with Gasteiger partial charge in [-0.3, -0.25) is 4.79 Å². The number of hydrogen-bond donors (Lipinski definition) is 0. The van der Waals surface area contributed by atoms with Gasteiger partial charge in [0.2, 0.25) is 0 Å². The molecule has 0 saturated heterocycles. The Hall–Kier alpha value is -1.84. The van der Waals surface area contributed by atoms with Gasteiger partial charge in [0.25, 0.3) is 0 Å². The van der Waals surface area contributed by atoms with Gasteiger partial charge < -0.3 is 6.16 Å². The Kier molecular flexibility index (Phi) is 6.85. The van der Waals surface area contributed by atoms with Crippen LogP contribution in [0.5, 0.6) is 11.5 Å². The van der Waals surface area contributed by atoms with Crippen LogP contribution in [0.4, 0.5) is 0 Å². The summed E-state index contributed by atoms with van der Waals surface area (Å²) >= 11 is 0. The molecule has 3 rings (SSSR count). The summed E-state index contributed by atoms with van der Waals surface area (Å²) in [7, 11) is 2.64. The van der Waals surface area contributed by atoms with Crippen LogP contribution in [0.1, 0.15) is 34.0 Å². The molecule has 0 aromatic heterocycles. The molecule has 0 aliphatic carbocycles. The summed E-state index contributed by atoms with van der Waals surface area (Å²) in [6.07, 6.45) is 0. The number of benzene rings is 3. The second kappa shape index (κ2) is 8.70. The van der Waals surface area contributed by atoms with E-state index in [0.717, 1.165) is 27.7 Å². The summed E-state index contributed by atoms with van der Waals surface area (Å²) in [6.45, 7) is 6.02. The van der Waals surface area contributed by atoms with Crippen LogP contribution in [-0.2, 0) is 0 Å². The molecule has 1 atom stereocenters. The van der Waals surface area contributed by atoms with Crippen LogP contribution in [0.2, 0.25) is 0 Å². The molecular weight excluding hydrogens is 334 g/mol. The summed E-state index contributed by atoms with van der Waals surface area (Å²) < 4.78 is 5.88. The van der Waals surface area contributed by atoms with Gasteiger partial charge in [0.05, 0.1) is 0 Å². The number of hydrogen-bond acceptors (Lipinski definition) is 2. The van der Waals surface area contributed by atoms with Crippen molar-refractivity contribution in [3.63, 3.8) is 0 Å². The maximum Gasteiger partial charge on any atom is 1.00 e. The summed E-state index contributed by atoms with van der Waals surface area (Å²) in [6, 6.07) is 19.3. The zero-order valence-electron chi connectivity index (χ0n) is 16.7. The monoisotopic (exact) mass is 356 g/mol. The fourth-order valence-corrected chi connectivity index (χ4v) is 3.40. The second-order valence-corrected chi connectivity index (χ2v) is 6.89. The van der Waals surface area contributed by atoms with Crippen molar-refractivity contribution in [3.8, 4) is 11.5 Å². The molecule has 0 aliphatic rings. The fourth-order valence-electron chi connectivity index (χ4n) is 3.09. The van der Waals surface area contributed by atoms with Crippen molar-refractivity contribution in [1.29, 1.82) is 0 Å². The van der Waals surface area contributed by atoms with Gasteiger partial charge in [-0.05, 0) is 61.5 Å². The first-order valence-corrected chi connectivity index (χ1v) is 8.78. The topological polar surface area (TPSA) is 26.3 Å². The number of ketones is 1. The summed E-state index contributed by atoms with van der Waals surface area (Å²) in [5.74, 6) is 1.43. The van der Waals surface area contributed by atoms with Gasteiger partial charge in [-0.15, -0.1) is 9.24 Å². The van der Waals surface area contributed by atoms with Crippen LogP contribution in [0.15, 0.2) is 60.7 Å². The average molecular weight is 356 g/mol. The van der Waals surface area contributed by atoms with Gasteiger partial charge in [-0.25, -0.2) is 0 Å². The third-order valence-corrected chi connectivity index (χ3v) is 4.66. The standard InChI is InChI=1S/C22H21O2P.Li.H/c1-14-11-15(2)21(16(3)12-14)22(23)19-13-18(9-10-20(19)25)24-17-7-5-4-6-8-17;;/h4-13H,25H2,1-3H3;;/q;+1;-1. The molecule has 3 aromatic rings. The van der Waals surface area contributed by atoms with Crippen molar-refractivity contribution in [3.05, 3.63) is 88.5 Å². The van der Waals surface area contributed by atoms with Crippen molar-refractivity contribution in [2.24, 2.45) is 0 Å². The molecule has 128 valence electrons. The fraction of sp³-hybridized carbons (Fsp3) is 0.136. The Morgan fingerprint density at radius 2 is 1.50 bits per heavy atom. The van der Waals surface area contributed by atoms with Crippen molar-refractivity contribution in [2.75, 3.05) is 0 Å². The maximum atomic E-state index is 13.2. The maximum absolute atomic E-state index is 13.2. The van der Waals surface area contributed by atoms with E-state index in [-0.39, 0.29) is 26.1 Å². The van der Waals surface area contributed by atoms with Gasteiger partial charge in [0, 0.05) is 11.1 Å². The summed E-state index contributed by atoms with van der Waals surface area (Å²) in [5, 5.41) is 0.866. The van der Waals surface area contributed by atoms with Crippen LogP contribution in [0, 0.1) is 20.8 Å². The van der Waals surface area contributed by atoms with Crippen LogP contribution in [0.25, 0.3) is 0 Å². The zero-order chi connectivity index (χ0) is 18.0. The van der Waals surface area contributed by atoms with Gasteiger partial charge >= 0.3 is 18.9 Å². The molecule has 0 saturated carbocycles. The molecule has 2 nitrogen and oxygen atoms in total. The Morgan fingerprint density at radius 1 is 0.885 bits per heavy atom. The van der Waals surface area contributed by atoms with E-state index >= 15 is 0 Å². The number of carbonyl (C=O) groups is 1. The predicted molar refractivity (Wildman–Crippen MR) is 107 cm³/mol. The first-order valence-electron chi connectivity index (χ1n) is 8.20. The molecule has 4 heteroatoms. The summed E-state index contributed by atoms with van der Waals surface area (Å²) in [4.78, 5) is 13.2. The SMILES string of the molecule is Cc1cc(C)c(C(=O)c2cc(Oc3ccccc3)ccc2P)c(C)c1.[H-].[Li+]. The van der Waals surface area contributed by atoms with Crippen LogP contribution >= 0.6 is 9.24 Å². The van der Waals surface area contributed by atoms with E-state index < -0.39 is 0 Å². The molecule has 0 bridgehead atoms. The van der Waals surface area contributed by atoms with Gasteiger partial charge in [0.15, 0.2) is 5.78 Å². The van der Waals surface area contributed by atoms with Crippen LogP contribution < -0.4 is 28.9 Å². The van der Waals surface area contributed by atoms with Crippen molar-refractivity contribution >= 4 is 20.3 Å². The van der Waals surface area contributed by atoms with E-state index in [9.17, 15) is 4.79 Å². The van der Waals surface area contributed by atoms with E-state index in [2.05, 4.69) is 9.24 Å². The molecule has 1 unspecified atom stereocenters. The zero-order valence-corrected chi connectivity index (χ0v) is 16.8. The molecule has 0 radical (unpaired) electrons. The summed E-state index contributed by atoms with van der Waals surface area (Å²) in [5.41, 5.74) is 4.58. The first kappa shape index (κ1) is 20.5. The molecule has 0 fully saturated rings. The van der Waals surface area contributed by atoms with Crippen LogP contribution in [-0.4, -0.2) is 5.78 Å². The number of ether oxygens (including phenoxy) is 1. The van der Waals surface area contributed by atoms with Gasteiger partial charge in [-0.2, -0.15) is 0 Å². The molecule has 0 spiro atoms. The van der Waals surface area contributed by atoms with E-state index in [0.29, 0.717) is 11.3 Å². The number of aryl methyl sites for hydroxylation is 3. The Balaban J connectivity index is 0.00000182. The van der Waals surface area contributed by atoms with E-state index in [1.807, 2.05) is 81.4 Å². The molecule has 0 heterocycles. The largest absolute Gasteiger partial charge is 1.00 e. The molecular formula is C22H22LiO2P. The van der Waals surface area contributed by atoms with Crippen molar-refractivity contribution < 1.29 is 29.8 Å². The molecule has 26 heavy (non-hydrogen) atoms. The second-order valence-electron chi connectivity index (χ2n) is 6.27. The minimum atomic E-state index is 0. The van der Waals surface area contributed by atoms with E-state index in [1.165, 1.54) is 5.56 Å². The van der Waals surface area contributed by atoms with Gasteiger partial charge in [-0.1, -0.05) is 42.0 Å². The smallest absolute Gasteiger partial charge is 1.00 e. The Bertz CT molecular complexity index is 919. The normalized spacial score (nSPS) is 10.2. The minimum absolute atomic E-state index is 0. The molecule has 0 amide bonds. The molecule has 0 N–H and O–H groups in total. The third kappa shape index (κ3) is 4.46. The van der Waals surface area contributed by atoms with Crippen molar-refractivity contribution in [1.82, 2.24) is 0 Å². The first-order chi connectivity index (χ1) is 12.0. The Morgan fingerprint density at radius 3 is 2.12 bits per heavy atom.